The maximum atomic E-state index is 5.77. The molecule has 4 nitrogen and oxygen atoms in total. The Morgan fingerprint density at radius 3 is 2.57 bits per heavy atom. The van der Waals surface area contributed by atoms with Crippen molar-refractivity contribution < 1.29 is 4.42 Å². The fourth-order valence-electron chi connectivity index (χ4n) is 1.86. The van der Waals surface area contributed by atoms with Crippen LogP contribution in [-0.2, 0) is 0 Å². The van der Waals surface area contributed by atoms with Crippen LogP contribution in [0.25, 0.3) is 11.5 Å². The summed E-state index contributed by atoms with van der Waals surface area (Å²) in [4.78, 5) is 4.29. The molecule has 0 aliphatic rings. The van der Waals surface area contributed by atoms with E-state index >= 15 is 0 Å². The van der Waals surface area contributed by atoms with Gasteiger partial charge in [-0.1, -0.05) is 35.5 Å². The molecule has 1 atom stereocenters. The fraction of sp³-hybridized carbons (Fsp3) is 0.188. The average molecular weight is 297 g/mol. The van der Waals surface area contributed by atoms with Gasteiger partial charge in [0.05, 0.1) is 10.3 Å². The Balaban J connectivity index is 1.76. The molecule has 0 saturated carbocycles. The number of benzene rings is 1. The minimum Gasteiger partial charge on any atom is -0.419 e. The molecule has 0 aliphatic heterocycles. The quantitative estimate of drug-likeness (QED) is 0.672. The molecule has 0 bridgehead atoms. The zero-order valence-corrected chi connectivity index (χ0v) is 12.7. The fourth-order valence-corrected chi connectivity index (χ4v) is 2.70. The first kappa shape index (κ1) is 13.8. The topological polar surface area (TPSA) is 51.8 Å². The summed E-state index contributed by atoms with van der Waals surface area (Å²) in [6, 6.07) is 13.9. The first-order chi connectivity index (χ1) is 10.2. The summed E-state index contributed by atoms with van der Waals surface area (Å²) in [6.45, 7) is 4.08. The first-order valence-corrected chi connectivity index (χ1v) is 7.58. The number of hydrogen-bond acceptors (Lipinski definition) is 5. The number of pyridine rings is 1. The third-order valence-corrected chi connectivity index (χ3v) is 4.06. The second-order valence-electron chi connectivity index (χ2n) is 4.74. The van der Waals surface area contributed by atoms with Crippen LogP contribution >= 0.6 is 11.8 Å². The second-order valence-corrected chi connectivity index (χ2v) is 6.10. The predicted octanol–water partition coefficient (Wildman–Crippen LogP) is 4.29. The highest BCUT2D eigenvalue weighted by Gasteiger charge is 2.16. The molecule has 3 rings (SSSR count). The number of thioether (sulfide) groups is 1. The van der Waals surface area contributed by atoms with E-state index in [1.54, 1.807) is 18.0 Å². The van der Waals surface area contributed by atoms with Crippen molar-refractivity contribution in [3.8, 4) is 11.5 Å². The van der Waals surface area contributed by atoms with E-state index in [1.165, 1.54) is 5.56 Å². The molecule has 106 valence electrons. The lowest BCUT2D eigenvalue weighted by Gasteiger charge is -2.05. The molecule has 0 saturated heterocycles. The Morgan fingerprint density at radius 1 is 1.05 bits per heavy atom. The van der Waals surface area contributed by atoms with Gasteiger partial charge in [0.25, 0.3) is 0 Å². The Morgan fingerprint density at radius 2 is 1.86 bits per heavy atom. The molecule has 0 amide bonds. The maximum absolute atomic E-state index is 5.77. The van der Waals surface area contributed by atoms with Gasteiger partial charge in [0.1, 0.15) is 0 Å². The van der Waals surface area contributed by atoms with E-state index in [9.17, 15) is 0 Å². The molecule has 0 fully saturated rings. The third kappa shape index (κ3) is 3.31. The molecule has 1 aromatic carbocycles. The van der Waals surface area contributed by atoms with Crippen molar-refractivity contribution in [1.82, 2.24) is 15.2 Å². The summed E-state index contributed by atoms with van der Waals surface area (Å²) in [7, 11) is 0. The van der Waals surface area contributed by atoms with E-state index in [-0.39, 0.29) is 5.25 Å². The third-order valence-electron chi connectivity index (χ3n) is 3.02. The Kier molecular flexibility index (Phi) is 4.01. The van der Waals surface area contributed by atoms with Crippen LogP contribution in [0.5, 0.6) is 0 Å². The van der Waals surface area contributed by atoms with Gasteiger partial charge in [-0.2, -0.15) is 0 Å². The van der Waals surface area contributed by atoms with Crippen molar-refractivity contribution in [1.29, 1.82) is 0 Å². The standard InChI is InChI=1S/C16H15N3OS/c1-11-6-8-13(9-7-11)16-19-18-15(20-16)12(2)21-14-5-3-4-10-17-14/h3-10,12H,1-2H3. The van der Waals surface area contributed by atoms with Crippen molar-refractivity contribution in [2.45, 2.75) is 24.1 Å². The summed E-state index contributed by atoms with van der Waals surface area (Å²) >= 11 is 1.60. The van der Waals surface area contributed by atoms with Gasteiger partial charge in [-0.3, -0.25) is 0 Å². The van der Waals surface area contributed by atoms with E-state index in [1.807, 2.05) is 49.4 Å². The number of nitrogens with zero attached hydrogens (tertiary/aromatic N) is 3. The highest BCUT2D eigenvalue weighted by Crippen LogP contribution is 2.33. The zero-order valence-electron chi connectivity index (χ0n) is 11.9. The molecule has 21 heavy (non-hydrogen) atoms. The van der Waals surface area contributed by atoms with E-state index < -0.39 is 0 Å². The van der Waals surface area contributed by atoms with Gasteiger partial charge in [0.2, 0.25) is 11.8 Å². The summed E-state index contributed by atoms with van der Waals surface area (Å²) < 4.78 is 5.77. The highest BCUT2D eigenvalue weighted by atomic mass is 32.2. The molecule has 1 unspecified atom stereocenters. The molecule has 2 aromatic heterocycles. The molecule has 5 heteroatoms. The molecule has 3 aromatic rings. The van der Waals surface area contributed by atoms with Crippen molar-refractivity contribution in [2.24, 2.45) is 0 Å². The van der Waals surface area contributed by atoms with Crippen molar-refractivity contribution in [3.63, 3.8) is 0 Å². The molecule has 0 radical (unpaired) electrons. The van der Waals surface area contributed by atoms with Gasteiger partial charge in [-0.25, -0.2) is 4.98 Å². The van der Waals surface area contributed by atoms with Gasteiger partial charge in [0, 0.05) is 11.8 Å². The summed E-state index contributed by atoms with van der Waals surface area (Å²) in [5, 5.41) is 9.28. The van der Waals surface area contributed by atoms with Crippen molar-refractivity contribution >= 4 is 11.8 Å². The van der Waals surface area contributed by atoms with E-state index in [0.29, 0.717) is 11.8 Å². The second kappa shape index (κ2) is 6.10. The number of aryl methyl sites for hydroxylation is 1. The molecular weight excluding hydrogens is 282 g/mol. The lowest BCUT2D eigenvalue weighted by atomic mass is 10.1. The molecule has 0 aliphatic carbocycles. The van der Waals surface area contributed by atoms with Gasteiger partial charge in [0.15, 0.2) is 0 Å². The highest BCUT2D eigenvalue weighted by molar-refractivity contribution is 7.99. The summed E-state index contributed by atoms with van der Waals surface area (Å²) in [5.41, 5.74) is 2.15. The monoisotopic (exact) mass is 297 g/mol. The molecule has 0 N–H and O–H groups in total. The van der Waals surface area contributed by atoms with Crippen LogP contribution in [0.2, 0.25) is 0 Å². The first-order valence-electron chi connectivity index (χ1n) is 6.70. The van der Waals surface area contributed by atoms with Crippen LogP contribution in [0, 0.1) is 6.92 Å². The summed E-state index contributed by atoms with van der Waals surface area (Å²) in [5.74, 6) is 1.17. The Hall–Kier alpha value is -2.14. The van der Waals surface area contributed by atoms with Crippen LogP contribution in [0.15, 0.2) is 58.1 Å². The smallest absolute Gasteiger partial charge is 0.247 e. The van der Waals surface area contributed by atoms with Gasteiger partial charge in [-0.05, 0) is 38.1 Å². The van der Waals surface area contributed by atoms with Crippen LogP contribution in [0.3, 0.4) is 0 Å². The molecule has 2 heterocycles. The van der Waals surface area contributed by atoms with E-state index in [2.05, 4.69) is 22.1 Å². The predicted molar refractivity (Wildman–Crippen MR) is 83.0 cm³/mol. The SMILES string of the molecule is Cc1ccc(-c2nnc(C(C)Sc3ccccn3)o2)cc1. The maximum Gasteiger partial charge on any atom is 0.247 e. The van der Waals surface area contributed by atoms with Gasteiger partial charge < -0.3 is 4.42 Å². The molecular formula is C16H15N3OS. The summed E-state index contributed by atoms with van der Waals surface area (Å²) in [6.07, 6.45) is 1.78. The average Bonchev–Trinajstić information content (AvgIpc) is 2.99. The largest absolute Gasteiger partial charge is 0.419 e. The van der Waals surface area contributed by atoms with Gasteiger partial charge in [-0.15, -0.1) is 10.2 Å². The Bertz CT molecular complexity index is 710. The Labute approximate surface area is 127 Å². The normalized spacial score (nSPS) is 12.3. The number of rotatable bonds is 4. The van der Waals surface area contributed by atoms with Crippen LogP contribution < -0.4 is 0 Å². The minimum atomic E-state index is 0.0617. The molecule has 0 spiro atoms. The van der Waals surface area contributed by atoms with E-state index in [0.717, 1.165) is 10.6 Å². The van der Waals surface area contributed by atoms with Crippen LogP contribution in [0.4, 0.5) is 0 Å². The lowest BCUT2D eigenvalue weighted by molar-refractivity contribution is 0.509. The van der Waals surface area contributed by atoms with Crippen molar-refractivity contribution in [2.75, 3.05) is 0 Å². The lowest BCUT2D eigenvalue weighted by Crippen LogP contribution is -1.89. The van der Waals surface area contributed by atoms with Crippen molar-refractivity contribution in [3.05, 3.63) is 60.1 Å². The van der Waals surface area contributed by atoms with Crippen LogP contribution in [-0.4, -0.2) is 15.2 Å². The minimum absolute atomic E-state index is 0.0617. The van der Waals surface area contributed by atoms with Gasteiger partial charge >= 0.3 is 0 Å². The van der Waals surface area contributed by atoms with E-state index in [4.69, 9.17) is 4.42 Å². The van der Waals surface area contributed by atoms with Crippen LogP contribution in [0.1, 0.15) is 23.6 Å². The number of hydrogen-bond donors (Lipinski definition) is 0. The number of aromatic nitrogens is 3. The zero-order chi connectivity index (χ0) is 14.7.